The highest BCUT2D eigenvalue weighted by Crippen LogP contribution is 2.20. The third-order valence-electron chi connectivity index (χ3n) is 3.07. The summed E-state index contributed by atoms with van der Waals surface area (Å²) in [5.41, 5.74) is 0.746. The van der Waals surface area contributed by atoms with Crippen molar-refractivity contribution < 1.29 is 14.7 Å². The molecule has 1 amide bonds. The summed E-state index contributed by atoms with van der Waals surface area (Å²) in [6, 6.07) is 7.24. The van der Waals surface area contributed by atoms with Crippen LogP contribution in [0.5, 0.6) is 0 Å². The summed E-state index contributed by atoms with van der Waals surface area (Å²) in [7, 11) is 0. The summed E-state index contributed by atoms with van der Waals surface area (Å²) in [4.78, 5) is 24.2. The molecular formula is C14H17ClN2O3. The lowest BCUT2D eigenvalue weighted by Gasteiger charge is -2.22. The van der Waals surface area contributed by atoms with Gasteiger partial charge >= 0.3 is 5.97 Å². The molecule has 1 aliphatic carbocycles. The number of hydrogen-bond donors (Lipinski definition) is 2. The molecular weight excluding hydrogens is 280 g/mol. The standard InChI is InChI=1S/C14H17ClN2O3/c15-10-1-5-12(6-2-10)17(9-14(19)20)8-7-13(18)16-11-3-4-11/h1-2,5-6,11H,3-4,7-9H2,(H,16,18)(H,19,20). The van der Waals surface area contributed by atoms with E-state index < -0.39 is 5.97 Å². The van der Waals surface area contributed by atoms with Gasteiger partial charge < -0.3 is 15.3 Å². The van der Waals surface area contributed by atoms with Gasteiger partial charge in [0.05, 0.1) is 0 Å². The molecule has 0 radical (unpaired) electrons. The van der Waals surface area contributed by atoms with Crippen LogP contribution >= 0.6 is 11.6 Å². The largest absolute Gasteiger partial charge is 0.480 e. The van der Waals surface area contributed by atoms with Crippen LogP contribution in [0.2, 0.25) is 5.02 Å². The van der Waals surface area contributed by atoms with Crippen molar-refractivity contribution in [3.8, 4) is 0 Å². The monoisotopic (exact) mass is 296 g/mol. The van der Waals surface area contributed by atoms with Gasteiger partial charge in [0.2, 0.25) is 5.91 Å². The number of benzene rings is 1. The Balaban J connectivity index is 1.93. The zero-order valence-corrected chi connectivity index (χ0v) is 11.8. The van der Waals surface area contributed by atoms with Gasteiger partial charge in [0.25, 0.3) is 0 Å². The molecule has 1 aliphatic rings. The Hall–Kier alpha value is -1.75. The number of carbonyl (C=O) groups excluding carboxylic acids is 1. The summed E-state index contributed by atoms with van der Waals surface area (Å²) in [6.07, 6.45) is 2.37. The second-order valence-corrected chi connectivity index (χ2v) is 5.32. The van der Waals surface area contributed by atoms with Gasteiger partial charge in [-0.25, -0.2) is 0 Å². The van der Waals surface area contributed by atoms with Gasteiger partial charge in [0.15, 0.2) is 0 Å². The van der Waals surface area contributed by atoms with Crippen LogP contribution in [0.15, 0.2) is 24.3 Å². The van der Waals surface area contributed by atoms with Crippen molar-refractivity contribution in [2.24, 2.45) is 0 Å². The van der Waals surface area contributed by atoms with Crippen molar-refractivity contribution in [1.29, 1.82) is 0 Å². The fourth-order valence-electron chi connectivity index (χ4n) is 1.88. The van der Waals surface area contributed by atoms with Crippen LogP contribution in [0.25, 0.3) is 0 Å². The van der Waals surface area contributed by atoms with Crippen molar-refractivity contribution in [3.05, 3.63) is 29.3 Å². The number of carboxylic acids is 1. The molecule has 1 aromatic rings. The van der Waals surface area contributed by atoms with Crippen LogP contribution in [0, 0.1) is 0 Å². The summed E-state index contributed by atoms with van der Waals surface area (Å²) < 4.78 is 0. The Labute approximate surface area is 122 Å². The minimum absolute atomic E-state index is 0.0307. The molecule has 1 fully saturated rings. The van der Waals surface area contributed by atoms with E-state index in [9.17, 15) is 9.59 Å². The molecule has 2 rings (SSSR count). The van der Waals surface area contributed by atoms with Crippen LogP contribution in [-0.2, 0) is 9.59 Å². The number of anilines is 1. The molecule has 1 aromatic carbocycles. The number of carboxylic acid groups (broad SMARTS) is 1. The van der Waals surface area contributed by atoms with Gasteiger partial charge in [-0.05, 0) is 37.1 Å². The summed E-state index contributed by atoms with van der Waals surface area (Å²) in [5, 5.41) is 12.4. The highest BCUT2D eigenvalue weighted by molar-refractivity contribution is 6.30. The fourth-order valence-corrected chi connectivity index (χ4v) is 2.00. The summed E-state index contributed by atoms with van der Waals surface area (Å²) in [6.45, 7) is 0.227. The molecule has 0 atom stereocenters. The van der Waals surface area contributed by atoms with Crippen LogP contribution < -0.4 is 10.2 Å². The molecule has 0 saturated heterocycles. The topological polar surface area (TPSA) is 69.6 Å². The van der Waals surface area contributed by atoms with E-state index in [1.54, 1.807) is 29.2 Å². The third-order valence-corrected chi connectivity index (χ3v) is 3.32. The Morgan fingerprint density at radius 3 is 2.50 bits per heavy atom. The van der Waals surface area contributed by atoms with Crippen LogP contribution in [0.1, 0.15) is 19.3 Å². The Bertz CT molecular complexity index is 486. The fraction of sp³-hybridized carbons (Fsp3) is 0.429. The lowest BCUT2D eigenvalue weighted by atomic mass is 10.2. The van der Waals surface area contributed by atoms with Crippen LogP contribution in [-0.4, -0.2) is 36.1 Å². The number of hydrogen-bond acceptors (Lipinski definition) is 3. The Morgan fingerprint density at radius 1 is 1.30 bits per heavy atom. The quantitative estimate of drug-likeness (QED) is 0.806. The molecule has 5 nitrogen and oxygen atoms in total. The number of halogens is 1. The lowest BCUT2D eigenvalue weighted by molar-refractivity contribution is -0.135. The zero-order chi connectivity index (χ0) is 14.5. The van der Waals surface area contributed by atoms with E-state index in [1.165, 1.54) is 0 Å². The van der Waals surface area contributed by atoms with Gasteiger partial charge in [0.1, 0.15) is 6.54 Å². The molecule has 0 heterocycles. The normalized spacial score (nSPS) is 13.8. The number of aliphatic carboxylic acids is 1. The van der Waals surface area contributed by atoms with E-state index in [0.717, 1.165) is 18.5 Å². The minimum Gasteiger partial charge on any atom is -0.480 e. The summed E-state index contributed by atoms with van der Waals surface area (Å²) in [5.74, 6) is -0.959. The van der Waals surface area contributed by atoms with Gasteiger partial charge in [-0.2, -0.15) is 0 Å². The molecule has 20 heavy (non-hydrogen) atoms. The predicted octanol–water partition coefficient (Wildman–Crippen LogP) is 1.90. The van der Waals surface area contributed by atoms with Gasteiger partial charge in [-0.15, -0.1) is 0 Å². The average Bonchev–Trinajstić information content (AvgIpc) is 3.19. The first kappa shape index (κ1) is 14.7. The van der Waals surface area contributed by atoms with Crippen LogP contribution in [0.3, 0.4) is 0 Å². The molecule has 2 N–H and O–H groups in total. The molecule has 0 spiro atoms. The van der Waals surface area contributed by atoms with E-state index in [0.29, 0.717) is 17.6 Å². The molecule has 0 bridgehead atoms. The van der Waals surface area contributed by atoms with E-state index in [-0.39, 0.29) is 18.9 Å². The van der Waals surface area contributed by atoms with E-state index in [2.05, 4.69) is 5.32 Å². The molecule has 0 aliphatic heterocycles. The van der Waals surface area contributed by atoms with E-state index in [4.69, 9.17) is 16.7 Å². The van der Waals surface area contributed by atoms with Crippen molar-refractivity contribution in [2.75, 3.05) is 18.0 Å². The number of rotatable bonds is 7. The molecule has 0 aromatic heterocycles. The first-order chi connectivity index (χ1) is 9.54. The lowest BCUT2D eigenvalue weighted by Crippen LogP contribution is -2.34. The van der Waals surface area contributed by atoms with Crippen molar-refractivity contribution in [2.45, 2.75) is 25.3 Å². The maximum Gasteiger partial charge on any atom is 0.323 e. The van der Waals surface area contributed by atoms with Gasteiger partial charge in [0, 0.05) is 29.7 Å². The van der Waals surface area contributed by atoms with Gasteiger partial charge in [-0.1, -0.05) is 11.6 Å². The van der Waals surface area contributed by atoms with E-state index in [1.807, 2.05) is 0 Å². The number of nitrogens with zero attached hydrogens (tertiary/aromatic N) is 1. The van der Waals surface area contributed by atoms with Crippen molar-refractivity contribution in [3.63, 3.8) is 0 Å². The molecule has 0 unspecified atom stereocenters. The highest BCUT2D eigenvalue weighted by atomic mass is 35.5. The third kappa shape index (κ3) is 4.74. The van der Waals surface area contributed by atoms with Crippen LogP contribution in [0.4, 0.5) is 5.69 Å². The maximum absolute atomic E-state index is 11.7. The highest BCUT2D eigenvalue weighted by Gasteiger charge is 2.23. The zero-order valence-electron chi connectivity index (χ0n) is 11.0. The number of nitrogens with one attached hydrogen (secondary N) is 1. The minimum atomic E-state index is -0.928. The first-order valence-electron chi connectivity index (χ1n) is 6.56. The summed E-state index contributed by atoms with van der Waals surface area (Å²) >= 11 is 5.81. The second-order valence-electron chi connectivity index (χ2n) is 4.88. The maximum atomic E-state index is 11.7. The Morgan fingerprint density at radius 2 is 1.95 bits per heavy atom. The molecule has 108 valence electrons. The van der Waals surface area contributed by atoms with Gasteiger partial charge in [-0.3, -0.25) is 9.59 Å². The SMILES string of the molecule is O=C(O)CN(CCC(=O)NC1CC1)c1ccc(Cl)cc1. The van der Waals surface area contributed by atoms with Crippen molar-refractivity contribution >= 4 is 29.2 Å². The first-order valence-corrected chi connectivity index (χ1v) is 6.94. The predicted molar refractivity (Wildman–Crippen MR) is 77.1 cm³/mol. The smallest absolute Gasteiger partial charge is 0.323 e. The van der Waals surface area contributed by atoms with Crippen molar-refractivity contribution in [1.82, 2.24) is 5.32 Å². The number of amides is 1. The number of carbonyl (C=O) groups is 2. The molecule has 1 saturated carbocycles. The van der Waals surface area contributed by atoms with E-state index >= 15 is 0 Å². The second kappa shape index (κ2) is 6.61. The molecule has 6 heteroatoms. The Kier molecular flexibility index (Phi) is 4.84. The average molecular weight is 297 g/mol.